The van der Waals surface area contributed by atoms with Crippen molar-refractivity contribution in [3.05, 3.63) is 0 Å². The van der Waals surface area contributed by atoms with E-state index in [-0.39, 0.29) is 17.3 Å². The minimum absolute atomic E-state index is 0.146. The van der Waals surface area contributed by atoms with Gasteiger partial charge in [-0.15, -0.1) is 0 Å². The average molecular weight is 186 g/mol. The van der Waals surface area contributed by atoms with Crippen molar-refractivity contribution < 1.29 is 9.47 Å². The van der Waals surface area contributed by atoms with Gasteiger partial charge in [-0.3, -0.25) is 0 Å². The van der Waals surface area contributed by atoms with Crippen LogP contribution in [0.5, 0.6) is 0 Å². The molecule has 2 nitrogen and oxygen atoms in total. The predicted octanol–water partition coefficient (Wildman–Crippen LogP) is 2.96. The first-order valence-corrected chi connectivity index (χ1v) is 5.21. The molecule has 13 heavy (non-hydrogen) atoms. The van der Waals surface area contributed by atoms with Gasteiger partial charge in [0.15, 0.2) is 5.79 Å². The topological polar surface area (TPSA) is 18.5 Å². The van der Waals surface area contributed by atoms with Crippen molar-refractivity contribution in [2.24, 2.45) is 5.41 Å². The highest BCUT2D eigenvalue weighted by Crippen LogP contribution is 2.36. The third kappa shape index (κ3) is 2.44. The molecule has 0 aromatic carbocycles. The van der Waals surface area contributed by atoms with Crippen molar-refractivity contribution in [2.75, 3.05) is 6.61 Å². The van der Waals surface area contributed by atoms with Gasteiger partial charge in [-0.1, -0.05) is 27.2 Å². The van der Waals surface area contributed by atoms with Crippen LogP contribution >= 0.6 is 0 Å². The molecule has 0 amide bonds. The standard InChI is InChI=1S/C11H22O2/c1-6-7-11(5)12-8-10(3,4)9(2)13-11/h9H,6-8H2,1-5H3/t9-,11+/m0/s1. The van der Waals surface area contributed by atoms with E-state index in [1.165, 1.54) is 0 Å². The quantitative estimate of drug-likeness (QED) is 0.660. The molecule has 1 rings (SSSR count). The molecule has 0 aromatic heterocycles. The molecule has 0 spiro atoms. The lowest BCUT2D eigenvalue weighted by Crippen LogP contribution is -2.50. The molecule has 78 valence electrons. The Morgan fingerprint density at radius 2 is 1.92 bits per heavy atom. The zero-order valence-electron chi connectivity index (χ0n) is 9.52. The Hall–Kier alpha value is -0.0800. The van der Waals surface area contributed by atoms with Gasteiger partial charge in [0, 0.05) is 11.8 Å². The van der Waals surface area contributed by atoms with E-state index in [0.29, 0.717) is 0 Å². The molecule has 0 unspecified atom stereocenters. The molecule has 0 saturated carbocycles. The van der Waals surface area contributed by atoms with E-state index >= 15 is 0 Å². The van der Waals surface area contributed by atoms with Crippen LogP contribution in [0.2, 0.25) is 0 Å². The SMILES string of the molecule is CCC[C@]1(C)OCC(C)(C)[C@H](C)O1. The van der Waals surface area contributed by atoms with Gasteiger partial charge in [0.25, 0.3) is 0 Å². The average Bonchev–Trinajstić information content (AvgIpc) is 1.99. The fourth-order valence-corrected chi connectivity index (χ4v) is 1.61. The first-order valence-electron chi connectivity index (χ1n) is 5.21. The van der Waals surface area contributed by atoms with Crippen LogP contribution in [0.3, 0.4) is 0 Å². The van der Waals surface area contributed by atoms with Gasteiger partial charge in [-0.2, -0.15) is 0 Å². The van der Waals surface area contributed by atoms with Crippen molar-refractivity contribution >= 4 is 0 Å². The third-order valence-corrected chi connectivity index (χ3v) is 2.98. The summed E-state index contributed by atoms with van der Waals surface area (Å²) in [6.07, 6.45) is 2.36. The zero-order valence-corrected chi connectivity index (χ0v) is 9.52. The number of hydrogen-bond donors (Lipinski definition) is 0. The highest BCUT2D eigenvalue weighted by Gasteiger charge is 2.41. The first kappa shape index (κ1) is 11.0. The van der Waals surface area contributed by atoms with Gasteiger partial charge in [-0.25, -0.2) is 0 Å². The second-order valence-electron chi connectivity index (χ2n) is 4.92. The third-order valence-electron chi connectivity index (χ3n) is 2.98. The van der Waals surface area contributed by atoms with Crippen LogP contribution in [-0.2, 0) is 9.47 Å². The van der Waals surface area contributed by atoms with E-state index in [2.05, 4.69) is 27.7 Å². The Labute approximate surface area is 81.6 Å². The minimum atomic E-state index is -0.344. The summed E-state index contributed by atoms with van der Waals surface area (Å²) in [5.41, 5.74) is 0.146. The van der Waals surface area contributed by atoms with E-state index in [0.717, 1.165) is 19.4 Å². The molecule has 2 heteroatoms. The van der Waals surface area contributed by atoms with Gasteiger partial charge in [0.05, 0.1) is 12.7 Å². The van der Waals surface area contributed by atoms with E-state index in [1.807, 2.05) is 6.92 Å². The van der Waals surface area contributed by atoms with Crippen molar-refractivity contribution in [3.8, 4) is 0 Å². The summed E-state index contributed by atoms with van der Waals surface area (Å²) in [5, 5.41) is 0. The molecule has 1 fully saturated rings. The van der Waals surface area contributed by atoms with Crippen molar-refractivity contribution in [1.82, 2.24) is 0 Å². The molecule has 1 aliphatic rings. The molecule has 1 saturated heterocycles. The molecule has 1 heterocycles. The molecule has 1 aliphatic heterocycles. The van der Waals surface area contributed by atoms with E-state index in [1.54, 1.807) is 0 Å². The summed E-state index contributed by atoms with van der Waals surface area (Å²) in [6.45, 7) is 11.5. The van der Waals surface area contributed by atoms with E-state index < -0.39 is 0 Å². The monoisotopic (exact) mass is 186 g/mol. The summed E-state index contributed by atoms with van der Waals surface area (Å²) in [7, 11) is 0. The van der Waals surface area contributed by atoms with Crippen LogP contribution in [0.1, 0.15) is 47.5 Å². The molecule has 0 bridgehead atoms. The summed E-state index contributed by atoms with van der Waals surface area (Å²) >= 11 is 0. The van der Waals surface area contributed by atoms with Gasteiger partial charge in [0.1, 0.15) is 0 Å². The molecule has 2 atom stereocenters. The second kappa shape index (κ2) is 3.58. The summed E-state index contributed by atoms with van der Waals surface area (Å²) in [5.74, 6) is -0.344. The van der Waals surface area contributed by atoms with Crippen LogP contribution in [0.4, 0.5) is 0 Å². The minimum Gasteiger partial charge on any atom is -0.350 e. The number of rotatable bonds is 2. The largest absolute Gasteiger partial charge is 0.350 e. The van der Waals surface area contributed by atoms with E-state index in [9.17, 15) is 0 Å². The maximum Gasteiger partial charge on any atom is 0.165 e. The Balaban J connectivity index is 2.59. The Morgan fingerprint density at radius 3 is 2.38 bits per heavy atom. The van der Waals surface area contributed by atoms with E-state index in [4.69, 9.17) is 9.47 Å². The van der Waals surface area contributed by atoms with Crippen molar-refractivity contribution in [3.63, 3.8) is 0 Å². The maximum absolute atomic E-state index is 5.91. The Bertz CT molecular complexity index is 177. The Kier molecular flexibility index (Phi) is 3.03. The van der Waals surface area contributed by atoms with Crippen molar-refractivity contribution in [2.45, 2.75) is 59.4 Å². The van der Waals surface area contributed by atoms with Crippen LogP contribution < -0.4 is 0 Å². The smallest absolute Gasteiger partial charge is 0.165 e. The van der Waals surface area contributed by atoms with Crippen LogP contribution in [0.15, 0.2) is 0 Å². The first-order chi connectivity index (χ1) is 5.90. The van der Waals surface area contributed by atoms with Crippen LogP contribution in [0.25, 0.3) is 0 Å². The Morgan fingerprint density at radius 1 is 1.31 bits per heavy atom. The lowest BCUT2D eigenvalue weighted by molar-refractivity contribution is -0.319. The van der Waals surface area contributed by atoms with Crippen LogP contribution in [-0.4, -0.2) is 18.5 Å². The number of hydrogen-bond acceptors (Lipinski definition) is 2. The summed E-state index contributed by atoms with van der Waals surface area (Å²) in [6, 6.07) is 0. The van der Waals surface area contributed by atoms with Gasteiger partial charge < -0.3 is 9.47 Å². The highest BCUT2D eigenvalue weighted by atomic mass is 16.7. The van der Waals surface area contributed by atoms with Gasteiger partial charge >= 0.3 is 0 Å². The van der Waals surface area contributed by atoms with Gasteiger partial charge in [0.2, 0.25) is 0 Å². The lowest BCUT2D eigenvalue weighted by atomic mass is 9.87. The molecule has 0 aromatic rings. The van der Waals surface area contributed by atoms with Crippen molar-refractivity contribution in [1.29, 1.82) is 0 Å². The fraction of sp³-hybridized carbons (Fsp3) is 1.00. The molecule has 0 aliphatic carbocycles. The number of ether oxygens (including phenoxy) is 2. The lowest BCUT2D eigenvalue weighted by Gasteiger charge is -2.46. The fourth-order valence-electron chi connectivity index (χ4n) is 1.61. The molecular formula is C11H22O2. The molecule has 0 N–H and O–H groups in total. The summed E-state index contributed by atoms with van der Waals surface area (Å²) in [4.78, 5) is 0. The van der Waals surface area contributed by atoms with Gasteiger partial charge in [-0.05, 0) is 13.8 Å². The maximum atomic E-state index is 5.91. The highest BCUT2D eigenvalue weighted by molar-refractivity contribution is 4.83. The summed E-state index contributed by atoms with van der Waals surface area (Å²) < 4.78 is 11.7. The molecular weight excluding hydrogens is 164 g/mol. The predicted molar refractivity (Wildman–Crippen MR) is 53.6 cm³/mol. The van der Waals surface area contributed by atoms with Crippen LogP contribution in [0, 0.1) is 5.41 Å². The molecule has 0 radical (unpaired) electrons. The normalized spacial score (nSPS) is 39.0. The zero-order chi connectivity index (χ0) is 10.1. The second-order valence-corrected chi connectivity index (χ2v) is 4.92.